The molecule has 2 amide bonds. The number of nitrogens with zero attached hydrogens (tertiary/aromatic N) is 1. The van der Waals surface area contributed by atoms with Gasteiger partial charge in [-0.1, -0.05) is 24.3 Å². The Morgan fingerprint density at radius 2 is 1.81 bits per heavy atom. The molecular weight excluding hydrogens is 328 g/mol. The van der Waals surface area contributed by atoms with Crippen LogP contribution >= 0.6 is 0 Å². The van der Waals surface area contributed by atoms with Gasteiger partial charge < -0.3 is 15.0 Å². The van der Waals surface area contributed by atoms with Crippen molar-refractivity contribution in [1.29, 1.82) is 0 Å². The molecule has 1 aliphatic heterocycles. The first-order chi connectivity index (χ1) is 12.5. The number of nitrogens with one attached hydrogen (secondary N) is 1. The van der Waals surface area contributed by atoms with Crippen molar-refractivity contribution in [3.05, 3.63) is 35.4 Å². The number of rotatable bonds is 7. The lowest BCUT2D eigenvalue weighted by molar-refractivity contribution is -0.136. The largest absolute Gasteiger partial charge is 0.374 e. The Labute approximate surface area is 156 Å². The van der Waals surface area contributed by atoms with E-state index in [0.29, 0.717) is 19.1 Å². The molecule has 2 aliphatic rings. The average molecular weight is 358 g/mol. The first-order valence-electron chi connectivity index (χ1n) is 9.79. The van der Waals surface area contributed by atoms with Crippen LogP contribution in [0, 0.1) is 11.8 Å². The molecule has 2 fully saturated rings. The van der Waals surface area contributed by atoms with Crippen molar-refractivity contribution < 1.29 is 14.3 Å². The number of amides is 2. The Morgan fingerprint density at radius 3 is 2.46 bits per heavy atom. The Morgan fingerprint density at radius 1 is 1.12 bits per heavy atom. The molecule has 3 rings (SSSR count). The third-order valence-electron chi connectivity index (χ3n) is 5.15. The molecule has 0 atom stereocenters. The number of piperidine rings is 1. The maximum absolute atomic E-state index is 12.5. The van der Waals surface area contributed by atoms with E-state index in [1.54, 1.807) is 0 Å². The second-order valence-corrected chi connectivity index (χ2v) is 7.77. The quantitative estimate of drug-likeness (QED) is 0.815. The van der Waals surface area contributed by atoms with Crippen molar-refractivity contribution in [3.8, 4) is 0 Å². The van der Waals surface area contributed by atoms with E-state index in [0.717, 1.165) is 49.9 Å². The molecule has 1 aromatic carbocycles. The highest BCUT2D eigenvalue weighted by atomic mass is 16.5. The fourth-order valence-corrected chi connectivity index (χ4v) is 3.38. The van der Waals surface area contributed by atoms with Crippen molar-refractivity contribution in [2.75, 3.05) is 13.1 Å². The monoisotopic (exact) mass is 358 g/mol. The van der Waals surface area contributed by atoms with Crippen LogP contribution in [0.25, 0.3) is 0 Å². The summed E-state index contributed by atoms with van der Waals surface area (Å²) < 4.78 is 5.63. The van der Waals surface area contributed by atoms with Crippen LogP contribution in [0.1, 0.15) is 50.7 Å². The fourth-order valence-electron chi connectivity index (χ4n) is 3.38. The third kappa shape index (κ3) is 5.31. The van der Waals surface area contributed by atoms with Crippen LogP contribution in [0.3, 0.4) is 0 Å². The lowest BCUT2D eigenvalue weighted by Gasteiger charge is -2.31. The smallest absolute Gasteiger partial charge is 0.225 e. The summed E-state index contributed by atoms with van der Waals surface area (Å²) in [4.78, 5) is 26.5. The van der Waals surface area contributed by atoms with E-state index in [2.05, 4.69) is 11.4 Å². The number of ether oxygens (including phenoxy) is 1. The van der Waals surface area contributed by atoms with Crippen LogP contribution in [-0.4, -0.2) is 35.9 Å². The van der Waals surface area contributed by atoms with E-state index in [1.165, 1.54) is 0 Å². The molecule has 0 unspecified atom stereocenters. The first-order valence-corrected chi connectivity index (χ1v) is 9.79. The predicted molar refractivity (Wildman–Crippen MR) is 100 cm³/mol. The predicted octanol–water partition coefficient (Wildman–Crippen LogP) is 2.88. The highest BCUT2D eigenvalue weighted by molar-refractivity contribution is 5.82. The third-order valence-corrected chi connectivity index (χ3v) is 5.15. The van der Waals surface area contributed by atoms with E-state index in [9.17, 15) is 9.59 Å². The zero-order chi connectivity index (χ0) is 18.5. The summed E-state index contributed by atoms with van der Waals surface area (Å²) in [5.74, 6) is 0.690. The van der Waals surface area contributed by atoms with Crippen molar-refractivity contribution in [2.24, 2.45) is 11.8 Å². The molecule has 26 heavy (non-hydrogen) atoms. The van der Waals surface area contributed by atoms with Gasteiger partial charge in [-0.3, -0.25) is 9.59 Å². The van der Waals surface area contributed by atoms with Gasteiger partial charge in [-0.2, -0.15) is 0 Å². The number of carbonyl (C=O) groups excluding carboxylic acids is 2. The van der Waals surface area contributed by atoms with Gasteiger partial charge in [0.2, 0.25) is 11.8 Å². The van der Waals surface area contributed by atoms with Gasteiger partial charge in [0, 0.05) is 31.5 Å². The summed E-state index contributed by atoms with van der Waals surface area (Å²) in [5, 5.41) is 3.06. The summed E-state index contributed by atoms with van der Waals surface area (Å²) in [5.41, 5.74) is 2.21. The highest BCUT2D eigenvalue weighted by Gasteiger charge is 2.35. The minimum atomic E-state index is 0.0192. The summed E-state index contributed by atoms with van der Waals surface area (Å²) >= 11 is 0. The molecule has 0 radical (unpaired) electrons. The van der Waals surface area contributed by atoms with Crippen molar-refractivity contribution in [1.82, 2.24) is 10.2 Å². The molecule has 1 saturated carbocycles. The van der Waals surface area contributed by atoms with Gasteiger partial charge in [0.25, 0.3) is 0 Å². The van der Waals surface area contributed by atoms with Gasteiger partial charge in [-0.05, 0) is 50.7 Å². The SMILES string of the molecule is CC(C)OCc1cccc(CNC(=O)C2CCN(C(=O)C3CC3)CC2)c1. The second kappa shape index (κ2) is 8.67. The first kappa shape index (κ1) is 18.9. The van der Waals surface area contributed by atoms with Crippen LogP contribution in [0.4, 0.5) is 0 Å². The molecule has 0 bridgehead atoms. The number of benzene rings is 1. The molecule has 5 heteroatoms. The lowest BCUT2D eigenvalue weighted by atomic mass is 9.95. The zero-order valence-electron chi connectivity index (χ0n) is 15.9. The molecule has 0 aromatic heterocycles. The fraction of sp³-hybridized carbons (Fsp3) is 0.619. The summed E-state index contributed by atoms with van der Waals surface area (Å²) in [6.07, 6.45) is 3.83. The van der Waals surface area contributed by atoms with Gasteiger partial charge in [0.1, 0.15) is 0 Å². The molecule has 142 valence electrons. The van der Waals surface area contributed by atoms with Crippen LogP contribution in [0.2, 0.25) is 0 Å². The molecule has 1 aliphatic carbocycles. The zero-order valence-corrected chi connectivity index (χ0v) is 15.9. The van der Waals surface area contributed by atoms with E-state index >= 15 is 0 Å². The maximum Gasteiger partial charge on any atom is 0.225 e. The molecule has 0 spiro atoms. The van der Waals surface area contributed by atoms with E-state index in [4.69, 9.17) is 4.74 Å². The van der Waals surface area contributed by atoms with Crippen molar-refractivity contribution in [2.45, 2.75) is 58.8 Å². The van der Waals surface area contributed by atoms with E-state index in [-0.39, 0.29) is 23.8 Å². The van der Waals surface area contributed by atoms with Crippen molar-refractivity contribution in [3.63, 3.8) is 0 Å². The number of hydrogen-bond acceptors (Lipinski definition) is 3. The van der Waals surface area contributed by atoms with E-state index < -0.39 is 0 Å². The number of hydrogen-bond donors (Lipinski definition) is 1. The summed E-state index contributed by atoms with van der Waals surface area (Å²) in [6.45, 7) is 6.61. The standard InChI is InChI=1S/C21H30N2O3/c1-15(2)26-14-17-5-3-4-16(12-17)13-22-20(24)18-8-10-23(11-9-18)21(25)19-6-7-19/h3-5,12,15,18-19H,6-11,13-14H2,1-2H3,(H,22,24). The molecule has 1 saturated heterocycles. The van der Waals surface area contributed by atoms with Gasteiger partial charge in [0.05, 0.1) is 12.7 Å². The Bertz CT molecular complexity index is 632. The molecule has 1 aromatic rings. The Hall–Kier alpha value is -1.88. The van der Waals surface area contributed by atoms with Gasteiger partial charge in [0.15, 0.2) is 0 Å². The van der Waals surface area contributed by atoms with Crippen LogP contribution in [0.5, 0.6) is 0 Å². The minimum absolute atomic E-state index is 0.0192. The molecule has 1 heterocycles. The maximum atomic E-state index is 12.5. The van der Waals surface area contributed by atoms with Crippen LogP contribution < -0.4 is 5.32 Å². The Balaban J connectivity index is 1.42. The topological polar surface area (TPSA) is 58.6 Å². The molecule has 1 N–H and O–H groups in total. The summed E-state index contributed by atoms with van der Waals surface area (Å²) in [6, 6.07) is 8.15. The van der Waals surface area contributed by atoms with Crippen LogP contribution in [-0.2, 0) is 27.5 Å². The number of likely N-dealkylation sites (tertiary alicyclic amines) is 1. The molecular formula is C21H30N2O3. The highest BCUT2D eigenvalue weighted by Crippen LogP contribution is 2.32. The van der Waals surface area contributed by atoms with Crippen molar-refractivity contribution >= 4 is 11.8 Å². The summed E-state index contributed by atoms with van der Waals surface area (Å²) in [7, 11) is 0. The van der Waals surface area contributed by atoms with Gasteiger partial charge in [-0.25, -0.2) is 0 Å². The molecule has 5 nitrogen and oxygen atoms in total. The van der Waals surface area contributed by atoms with Gasteiger partial charge in [-0.15, -0.1) is 0 Å². The average Bonchev–Trinajstić information content (AvgIpc) is 3.49. The number of carbonyl (C=O) groups is 2. The van der Waals surface area contributed by atoms with E-state index in [1.807, 2.05) is 36.9 Å². The lowest BCUT2D eigenvalue weighted by Crippen LogP contribution is -2.43. The minimum Gasteiger partial charge on any atom is -0.374 e. The second-order valence-electron chi connectivity index (χ2n) is 7.77. The Kier molecular flexibility index (Phi) is 6.30. The van der Waals surface area contributed by atoms with Gasteiger partial charge >= 0.3 is 0 Å². The normalized spacial score (nSPS) is 18.2. The van der Waals surface area contributed by atoms with Crippen LogP contribution in [0.15, 0.2) is 24.3 Å².